The number of nitrogens with one attached hydrogen (secondary N) is 1. The molecule has 0 aromatic heterocycles. The molecule has 0 unspecified atom stereocenters. The van der Waals surface area contributed by atoms with Crippen molar-refractivity contribution >= 4 is 5.69 Å². The summed E-state index contributed by atoms with van der Waals surface area (Å²) in [5.41, 5.74) is 1.67. The fourth-order valence-corrected chi connectivity index (χ4v) is 1.84. The summed E-state index contributed by atoms with van der Waals surface area (Å²) < 4.78 is 37.6. The van der Waals surface area contributed by atoms with E-state index in [4.69, 9.17) is 0 Å². The van der Waals surface area contributed by atoms with Crippen molar-refractivity contribution in [1.29, 1.82) is 0 Å². The summed E-state index contributed by atoms with van der Waals surface area (Å²) in [6, 6.07) is 7.03. The summed E-state index contributed by atoms with van der Waals surface area (Å²) in [4.78, 5) is 1.36. The summed E-state index contributed by atoms with van der Waals surface area (Å²) in [5, 5.41) is 3.18. The number of hydrogen-bond acceptors (Lipinski definition) is 2. The molecule has 1 aromatic carbocycles. The highest BCUT2D eigenvalue weighted by atomic mass is 19.4. The number of halogens is 3. The monoisotopic (exact) mass is 274 g/mol. The Morgan fingerprint density at radius 1 is 1.16 bits per heavy atom. The Morgan fingerprint density at radius 3 is 2.16 bits per heavy atom. The molecule has 19 heavy (non-hydrogen) atoms. The highest BCUT2D eigenvalue weighted by Gasteiger charge is 2.31. The second-order valence-corrected chi connectivity index (χ2v) is 4.78. The van der Waals surface area contributed by atoms with Gasteiger partial charge in [-0.15, -0.1) is 0 Å². The zero-order valence-corrected chi connectivity index (χ0v) is 11.6. The molecule has 1 aromatic rings. The van der Waals surface area contributed by atoms with Gasteiger partial charge >= 0.3 is 6.18 Å². The molecule has 0 aliphatic heterocycles. The third-order valence-electron chi connectivity index (χ3n) is 2.82. The van der Waals surface area contributed by atoms with E-state index in [1.165, 1.54) is 4.90 Å². The Kier molecular flexibility index (Phi) is 5.66. The van der Waals surface area contributed by atoms with Gasteiger partial charge in [-0.05, 0) is 38.1 Å². The Bertz CT molecular complexity index is 371. The molecule has 1 rings (SSSR count). The van der Waals surface area contributed by atoms with Crippen molar-refractivity contribution in [2.24, 2.45) is 0 Å². The lowest BCUT2D eigenvalue weighted by Crippen LogP contribution is -2.39. The van der Waals surface area contributed by atoms with Gasteiger partial charge in [-0.25, -0.2) is 0 Å². The SMILES string of the molecule is CCNCc1ccc(N(CC(F)(F)F)C(C)C)cc1. The van der Waals surface area contributed by atoms with Gasteiger partial charge in [0.2, 0.25) is 0 Å². The fraction of sp³-hybridized carbons (Fsp3) is 0.571. The average Bonchev–Trinajstić information content (AvgIpc) is 2.33. The van der Waals surface area contributed by atoms with Gasteiger partial charge in [-0.3, -0.25) is 0 Å². The van der Waals surface area contributed by atoms with E-state index in [1.54, 1.807) is 26.0 Å². The molecule has 0 atom stereocenters. The van der Waals surface area contributed by atoms with E-state index in [0.29, 0.717) is 5.69 Å². The molecule has 0 aliphatic rings. The first kappa shape index (κ1) is 15.8. The number of alkyl halides is 3. The van der Waals surface area contributed by atoms with Crippen LogP contribution in [-0.4, -0.2) is 25.3 Å². The highest BCUT2D eigenvalue weighted by molar-refractivity contribution is 5.48. The molecule has 0 aliphatic carbocycles. The van der Waals surface area contributed by atoms with Crippen LogP contribution in [0.5, 0.6) is 0 Å². The predicted molar refractivity (Wildman–Crippen MR) is 72.4 cm³/mol. The number of benzene rings is 1. The summed E-state index contributed by atoms with van der Waals surface area (Å²) in [6.07, 6.45) is -4.19. The molecular formula is C14H21F3N2. The molecule has 0 saturated heterocycles. The Balaban J connectivity index is 2.80. The quantitative estimate of drug-likeness (QED) is 0.853. The van der Waals surface area contributed by atoms with Crippen LogP contribution < -0.4 is 10.2 Å². The first-order valence-electron chi connectivity index (χ1n) is 6.46. The number of nitrogens with zero attached hydrogens (tertiary/aromatic N) is 1. The van der Waals surface area contributed by atoms with Crippen LogP contribution in [-0.2, 0) is 6.54 Å². The lowest BCUT2D eigenvalue weighted by Gasteiger charge is -2.30. The van der Waals surface area contributed by atoms with Crippen molar-refractivity contribution < 1.29 is 13.2 Å². The van der Waals surface area contributed by atoms with Crippen molar-refractivity contribution in [3.05, 3.63) is 29.8 Å². The molecule has 0 bridgehead atoms. The minimum atomic E-state index is -4.19. The van der Waals surface area contributed by atoms with Gasteiger partial charge in [0, 0.05) is 18.3 Å². The van der Waals surface area contributed by atoms with E-state index in [0.717, 1.165) is 18.7 Å². The van der Waals surface area contributed by atoms with E-state index in [-0.39, 0.29) is 6.04 Å². The maximum Gasteiger partial charge on any atom is 0.405 e. The normalized spacial score (nSPS) is 11.9. The zero-order chi connectivity index (χ0) is 14.5. The molecule has 108 valence electrons. The maximum absolute atomic E-state index is 12.5. The molecule has 0 heterocycles. The largest absolute Gasteiger partial charge is 0.405 e. The van der Waals surface area contributed by atoms with Gasteiger partial charge < -0.3 is 10.2 Å². The van der Waals surface area contributed by atoms with Gasteiger partial charge in [0.25, 0.3) is 0 Å². The van der Waals surface area contributed by atoms with Crippen molar-refractivity contribution in [3.63, 3.8) is 0 Å². The van der Waals surface area contributed by atoms with Crippen LogP contribution in [0.2, 0.25) is 0 Å². The van der Waals surface area contributed by atoms with Crippen LogP contribution in [0.15, 0.2) is 24.3 Å². The van der Waals surface area contributed by atoms with Crippen LogP contribution in [0.3, 0.4) is 0 Å². The van der Waals surface area contributed by atoms with Crippen LogP contribution in [0.25, 0.3) is 0 Å². The number of rotatable bonds is 6. The van der Waals surface area contributed by atoms with Gasteiger partial charge in [0.05, 0.1) is 0 Å². The summed E-state index contributed by atoms with van der Waals surface area (Å²) in [5.74, 6) is 0. The van der Waals surface area contributed by atoms with Crippen LogP contribution >= 0.6 is 0 Å². The van der Waals surface area contributed by atoms with Gasteiger partial charge in [-0.2, -0.15) is 13.2 Å². The summed E-state index contributed by atoms with van der Waals surface area (Å²) in [6.45, 7) is 6.22. The van der Waals surface area contributed by atoms with Crippen LogP contribution in [0.1, 0.15) is 26.3 Å². The minimum Gasteiger partial charge on any atom is -0.360 e. The lowest BCUT2D eigenvalue weighted by atomic mass is 10.1. The molecule has 0 spiro atoms. The van der Waals surface area contributed by atoms with Crippen molar-refractivity contribution in [3.8, 4) is 0 Å². The van der Waals surface area contributed by atoms with Crippen molar-refractivity contribution in [1.82, 2.24) is 5.32 Å². The Labute approximate surface area is 112 Å². The predicted octanol–water partition coefficient (Wildman–Crippen LogP) is 3.57. The summed E-state index contributed by atoms with van der Waals surface area (Å²) in [7, 11) is 0. The maximum atomic E-state index is 12.5. The van der Waals surface area contributed by atoms with E-state index in [1.807, 2.05) is 19.1 Å². The fourth-order valence-electron chi connectivity index (χ4n) is 1.84. The molecule has 5 heteroatoms. The molecular weight excluding hydrogens is 253 g/mol. The van der Waals surface area contributed by atoms with Crippen molar-refractivity contribution in [2.45, 2.75) is 39.5 Å². The molecule has 0 radical (unpaired) electrons. The molecule has 0 saturated carbocycles. The second kappa shape index (κ2) is 6.80. The molecule has 0 fully saturated rings. The van der Waals surface area contributed by atoms with Gasteiger partial charge in [0.15, 0.2) is 0 Å². The Morgan fingerprint density at radius 2 is 1.74 bits per heavy atom. The van der Waals surface area contributed by atoms with E-state index >= 15 is 0 Å². The standard InChI is InChI=1S/C14H21F3N2/c1-4-18-9-12-5-7-13(8-6-12)19(11(2)3)10-14(15,16)17/h5-8,11,18H,4,9-10H2,1-3H3. The van der Waals surface area contributed by atoms with Gasteiger partial charge in [-0.1, -0.05) is 19.1 Å². The summed E-state index contributed by atoms with van der Waals surface area (Å²) >= 11 is 0. The van der Waals surface area contributed by atoms with E-state index < -0.39 is 12.7 Å². The third-order valence-corrected chi connectivity index (χ3v) is 2.82. The molecule has 0 amide bonds. The topological polar surface area (TPSA) is 15.3 Å². The first-order chi connectivity index (χ1) is 8.83. The van der Waals surface area contributed by atoms with Crippen LogP contribution in [0.4, 0.5) is 18.9 Å². The van der Waals surface area contributed by atoms with Gasteiger partial charge in [0.1, 0.15) is 6.54 Å². The zero-order valence-electron chi connectivity index (χ0n) is 11.6. The lowest BCUT2D eigenvalue weighted by molar-refractivity contribution is -0.120. The van der Waals surface area contributed by atoms with E-state index in [2.05, 4.69) is 5.32 Å². The second-order valence-electron chi connectivity index (χ2n) is 4.78. The number of anilines is 1. The minimum absolute atomic E-state index is 0.193. The first-order valence-corrected chi connectivity index (χ1v) is 6.46. The third kappa shape index (κ3) is 5.51. The molecule has 1 N–H and O–H groups in total. The van der Waals surface area contributed by atoms with E-state index in [9.17, 15) is 13.2 Å². The van der Waals surface area contributed by atoms with Crippen molar-refractivity contribution in [2.75, 3.05) is 18.0 Å². The average molecular weight is 274 g/mol. The molecule has 2 nitrogen and oxygen atoms in total. The smallest absolute Gasteiger partial charge is 0.360 e. The Hall–Kier alpha value is -1.23. The van der Waals surface area contributed by atoms with Crippen LogP contribution in [0, 0.1) is 0 Å². The number of hydrogen-bond donors (Lipinski definition) is 1. The highest BCUT2D eigenvalue weighted by Crippen LogP contribution is 2.24.